The molecule has 1 N–H and O–H groups in total. The summed E-state index contributed by atoms with van der Waals surface area (Å²) in [6, 6.07) is 23.1. The second-order valence-corrected chi connectivity index (χ2v) is 7.11. The van der Waals surface area contributed by atoms with Crippen LogP contribution in [0.15, 0.2) is 78.4 Å². The van der Waals surface area contributed by atoms with Gasteiger partial charge in [0.15, 0.2) is 11.5 Å². The number of methoxy groups -OCH3 is 1. The molecule has 0 unspecified atom stereocenters. The standard InChI is InChI=1S/C27H24N2O5/c1-3-33-25-16-20(9-14-24(25)34-18-19-7-5-4-6-8-19)15-22(17-28)26(30)29-23-12-10-21(11-13-23)27(31)32-2/h4-16H,3,18H2,1-2H3,(H,29,30)/b22-15+. The number of nitrogens with one attached hydrogen (secondary N) is 1. The number of benzene rings is 3. The van der Waals surface area contributed by atoms with E-state index in [1.807, 2.05) is 43.3 Å². The van der Waals surface area contributed by atoms with Crippen molar-refractivity contribution in [3.63, 3.8) is 0 Å². The van der Waals surface area contributed by atoms with Gasteiger partial charge in [-0.15, -0.1) is 0 Å². The molecule has 0 aromatic heterocycles. The molecule has 3 rings (SSSR count). The predicted molar refractivity (Wildman–Crippen MR) is 128 cm³/mol. The Labute approximate surface area is 198 Å². The number of nitrogens with zero attached hydrogens (tertiary/aromatic N) is 1. The van der Waals surface area contributed by atoms with Crippen molar-refractivity contribution in [2.75, 3.05) is 19.0 Å². The van der Waals surface area contributed by atoms with Gasteiger partial charge in [0, 0.05) is 5.69 Å². The van der Waals surface area contributed by atoms with E-state index in [2.05, 4.69) is 10.1 Å². The van der Waals surface area contributed by atoms with Crippen LogP contribution in [0.25, 0.3) is 6.08 Å². The summed E-state index contributed by atoms with van der Waals surface area (Å²) >= 11 is 0. The van der Waals surface area contributed by atoms with Gasteiger partial charge in [0.2, 0.25) is 0 Å². The second-order valence-electron chi connectivity index (χ2n) is 7.11. The molecule has 7 nitrogen and oxygen atoms in total. The second kappa shape index (κ2) is 11.9. The highest BCUT2D eigenvalue weighted by molar-refractivity contribution is 6.09. The number of esters is 1. The third-order valence-electron chi connectivity index (χ3n) is 4.74. The van der Waals surface area contributed by atoms with Crippen LogP contribution in [0.3, 0.4) is 0 Å². The summed E-state index contributed by atoms with van der Waals surface area (Å²) in [5.74, 6) is 0.0345. The van der Waals surface area contributed by atoms with Crippen LogP contribution in [-0.4, -0.2) is 25.6 Å². The fourth-order valence-corrected chi connectivity index (χ4v) is 3.06. The molecule has 0 aliphatic rings. The lowest BCUT2D eigenvalue weighted by atomic mass is 10.1. The first-order chi connectivity index (χ1) is 16.5. The van der Waals surface area contributed by atoms with Gasteiger partial charge < -0.3 is 19.5 Å². The maximum absolute atomic E-state index is 12.6. The molecule has 0 aliphatic heterocycles. The van der Waals surface area contributed by atoms with Crippen molar-refractivity contribution in [1.82, 2.24) is 0 Å². The molecule has 7 heteroatoms. The van der Waals surface area contributed by atoms with Crippen LogP contribution >= 0.6 is 0 Å². The van der Waals surface area contributed by atoms with Gasteiger partial charge in [0.05, 0.1) is 19.3 Å². The largest absolute Gasteiger partial charge is 0.490 e. The molecule has 0 bridgehead atoms. The summed E-state index contributed by atoms with van der Waals surface area (Å²) < 4.78 is 16.3. The molecule has 0 atom stereocenters. The molecule has 0 saturated heterocycles. The third kappa shape index (κ3) is 6.47. The lowest BCUT2D eigenvalue weighted by Crippen LogP contribution is -2.13. The Balaban J connectivity index is 1.74. The van der Waals surface area contributed by atoms with Crippen molar-refractivity contribution in [3.8, 4) is 17.6 Å². The first-order valence-electron chi connectivity index (χ1n) is 10.6. The smallest absolute Gasteiger partial charge is 0.337 e. The Kier molecular flexibility index (Phi) is 8.42. The molecule has 3 aromatic rings. The van der Waals surface area contributed by atoms with Gasteiger partial charge in [0.1, 0.15) is 18.2 Å². The van der Waals surface area contributed by atoms with Crippen LogP contribution in [0.4, 0.5) is 5.69 Å². The maximum Gasteiger partial charge on any atom is 0.337 e. The van der Waals surface area contributed by atoms with Crippen LogP contribution in [0.5, 0.6) is 11.5 Å². The lowest BCUT2D eigenvalue weighted by Gasteiger charge is -2.13. The Morgan fingerprint density at radius 2 is 1.71 bits per heavy atom. The first kappa shape index (κ1) is 24.1. The lowest BCUT2D eigenvalue weighted by molar-refractivity contribution is -0.112. The molecule has 3 aromatic carbocycles. The van der Waals surface area contributed by atoms with E-state index in [1.165, 1.54) is 25.3 Å². The number of carbonyl (C=O) groups is 2. The molecule has 0 aliphatic carbocycles. The summed E-state index contributed by atoms with van der Waals surface area (Å²) in [4.78, 5) is 24.1. The number of amides is 1. The van der Waals surface area contributed by atoms with E-state index in [0.717, 1.165) is 5.56 Å². The molecule has 0 radical (unpaired) electrons. The van der Waals surface area contributed by atoms with E-state index in [1.54, 1.807) is 30.3 Å². The fourth-order valence-electron chi connectivity index (χ4n) is 3.06. The molecule has 1 amide bonds. The summed E-state index contributed by atoms with van der Waals surface area (Å²) in [5.41, 5.74) is 2.35. The zero-order chi connectivity index (χ0) is 24.3. The molecule has 0 fully saturated rings. The minimum Gasteiger partial charge on any atom is -0.490 e. The molecular weight excluding hydrogens is 432 g/mol. The van der Waals surface area contributed by atoms with Crippen LogP contribution < -0.4 is 14.8 Å². The normalized spacial score (nSPS) is 10.7. The van der Waals surface area contributed by atoms with Crippen molar-refractivity contribution in [2.45, 2.75) is 13.5 Å². The highest BCUT2D eigenvalue weighted by Gasteiger charge is 2.12. The number of carbonyl (C=O) groups excluding carboxylic acids is 2. The van der Waals surface area contributed by atoms with E-state index >= 15 is 0 Å². The van der Waals surface area contributed by atoms with E-state index in [-0.39, 0.29) is 5.57 Å². The van der Waals surface area contributed by atoms with Crippen molar-refractivity contribution < 1.29 is 23.8 Å². The van der Waals surface area contributed by atoms with Gasteiger partial charge in [-0.2, -0.15) is 5.26 Å². The summed E-state index contributed by atoms with van der Waals surface area (Å²) in [6.45, 7) is 2.68. The number of hydrogen-bond donors (Lipinski definition) is 1. The van der Waals surface area contributed by atoms with Gasteiger partial charge in [-0.25, -0.2) is 4.79 Å². The SMILES string of the molecule is CCOc1cc(/C=C(\C#N)C(=O)Nc2ccc(C(=O)OC)cc2)ccc1OCc1ccccc1. The van der Waals surface area contributed by atoms with Crippen molar-refractivity contribution >= 4 is 23.6 Å². The Bertz CT molecular complexity index is 1210. The average Bonchev–Trinajstić information content (AvgIpc) is 2.87. The zero-order valence-corrected chi connectivity index (χ0v) is 18.9. The van der Waals surface area contributed by atoms with E-state index in [4.69, 9.17) is 9.47 Å². The van der Waals surface area contributed by atoms with E-state index < -0.39 is 11.9 Å². The number of anilines is 1. The van der Waals surface area contributed by atoms with E-state index in [0.29, 0.717) is 41.5 Å². The third-order valence-corrected chi connectivity index (χ3v) is 4.74. The first-order valence-corrected chi connectivity index (χ1v) is 10.6. The van der Waals surface area contributed by atoms with E-state index in [9.17, 15) is 14.9 Å². The molecule has 34 heavy (non-hydrogen) atoms. The summed E-state index contributed by atoms with van der Waals surface area (Å²) in [7, 11) is 1.29. The minimum absolute atomic E-state index is 0.0857. The van der Waals surface area contributed by atoms with Crippen molar-refractivity contribution in [2.24, 2.45) is 0 Å². The van der Waals surface area contributed by atoms with Gasteiger partial charge >= 0.3 is 5.97 Å². The van der Waals surface area contributed by atoms with Gasteiger partial charge in [-0.1, -0.05) is 36.4 Å². The molecule has 172 valence electrons. The van der Waals surface area contributed by atoms with Crippen molar-refractivity contribution in [1.29, 1.82) is 5.26 Å². The molecule has 0 saturated carbocycles. The number of ether oxygens (including phenoxy) is 3. The quantitative estimate of drug-likeness (QED) is 0.277. The van der Waals surface area contributed by atoms with Crippen LogP contribution in [0.2, 0.25) is 0 Å². The molecule has 0 spiro atoms. The average molecular weight is 456 g/mol. The summed E-state index contributed by atoms with van der Waals surface area (Å²) in [6.07, 6.45) is 1.47. The fraction of sp³-hybridized carbons (Fsp3) is 0.148. The predicted octanol–water partition coefficient (Wildman–Crippen LogP) is 5.00. The van der Waals surface area contributed by atoms with Crippen LogP contribution in [0, 0.1) is 11.3 Å². The van der Waals surface area contributed by atoms with Crippen LogP contribution in [0.1, 0.15) is 28.4 Å². The van der Waals surface area contributed by atoms with Gasteiger partial charge in [0.25, 0.3) is 5.91 Å². The Morgan fingerprint density at radius 3 is 2.35 bits per heavy atom. The Morgan fingerprint density at radius 1 is 0.971 bits per heavy atom. The molecular formula is C27H24N2O5. The number of hydrogen-bond acceptors (Lipinski definition) is 6. The van der Waals surface area contributed by atoms with Gasteiger partial charge in [-0.3, -0.25) is 4.79 Å². The molecule has 0 heterocycles. The zero-order valence-electron chi connectivity index (χ0n) is 18.9. The van der Waals surface area contributed by atoms with Crippen molar-refractivity contribution in [3.05, 3.63) is 95.1 Å². The van der Waals surface area contributed by atoms with Gasteiger partial charge in [-0.05, 0) is 60.5 Å². The number of rotatable bonds is 9. The minimum atomic E-state index is -0.573. The topological polar surface area (TPSA) is 97.7 Å². The highest BCUT2D eigenvalue weighted by Crippen LogP contribution is 2.30. The number of nitriles is 1. The highest BCUT2D eigenvalue weighted by atomic mass is 16.5. The maximum atomic E-state index is 12.6. The Hall–Kier alpha value is -4.57. The monoisotopic (exact) mass is 456 g/mol. The van der Waals surface area contributed by atoms with Crippen LogP contribution in [-0.2, 0) is 16.1 Å². The summed E-state index contributed by atoms with van der Waals surface area (Å²) in [5, 5.41) is 12.2.